The van der Waals surface area contributed by atoms with E-state index in [0.717, 1.165) is 37.2 Å². The number of carbonyl (C=O) groups excluding carboxylic acids is 4. The van der Waals surface area contributed by atoms with E-state index < -0.39 is 35.8 Å². The SMILES string of the molecule is CCO[C@H](C)[C@H](NC(=O)[C@H](C)N(C)C(=O)OC(C)(C)C)C(=O)N1CCC[C@H]1CN(CCc1ccc(F)cc1)C(=O)c1cn2c(n1)CCC2. The van der Waals surface area contributed by atoms with Crippen LogP contribution in [-0.4, -0.2) is 111 Å². The van der Waals surface area contributed by atoms with Crippen LogP contribution >= 0.6 is 0 Å². The molecule has 2 aromatic rings. The van der Waals surface area contributed by atoms with Gasteiger partial charge in [-0.15, -0.1) is 0 Å². The Hall–Kier alpha value is -4.00. The lowest BCUT2D eigenvalue weighted by Gasteiger charge is -2.35. The first-order valence-electron chi connectivity index (χ1n) is 17.0. The highest BCUT2D eigenvalue weighted by Crippen LogP contribution is 2.23. The van der Waals surface area contributed by atoms with Gasteiger partial charge < -0.3 is 29.2 Å². The predicted octanol–water partition coefficient (Wildman–Crippen LogP) is 3.81. The van der Waals surface area contributed by atoms with Gasteiger partial charge in [0.05, 0.1) is 6.10 Å². The Morgan fingerprint density at radius 3 is 2.46 bits per heavy atom. The average molecular weight is 671 g/mol. The summed E-state index contributed by atoms with van der Waals surface area (Å²) in [6.45, 7) is 12.6. The van der Waals surface area contributed by atoms with Gasteiger partial charge in [-0.25, -0.2) is 14.2 Å². The topological polar surface area (TPSA) is 126 Å². The van der Waals surface area contributed by atoms with Crippen molar-refractivity contribution < 1.29 is 33.0 Å². The van der Waals surface area contributed by atoms with E-state index in [4.69, 9.17) is 9.47 Å². The van der Waals surface area contributed by atoms with Crippen molar-refractivity contribution >= 4 is 23.8 Å². The molecule has 1 N–H and O–H groups in total. The Bertz CT molecular complexity index is 1420. The summed E-state index contributed by atoms with van der Waals surface area (Å²) in [7, 11) is 1.48. The number of amides is 4. The first-order valence-corrected chi connectivity index (χ1v) is 17.0. The van der Waals surface area contributed by atoms with Crippen LogP contribution in [0.5, 0.6) is 0 Å². The van der Waals surface area contributed by atoms with Crippen LogP contribution in [0.2, 0.25) is 0 Å². The van der Waals surface area contributed by atoms with Crippen molar-refractivity contribution in [3.05, 3.63) is 53.4 Å². The van der Waals surface area contributed by atoms with Gasteiger partial charge in [-0.05, 0) is 84.9 Å². The quantitative estimate of drug-likeness (QED) is 0.344. The summed E-state index contributed by atoms with van der Waals surface area (Å²) in [5.41, 5.74) is 0.526. The van der Waals surface area contributed by atoms with Crippen LogP contribution in [0.3, 0.4) is 0 Å². The smallest absolute Gasteiger partial charge is 0.410 e. The lowest BCUT2D eigenvalue weighted by atomic mass is 10.1. The molecule has 0 aliphatic carbocycles. The van der Waals surface area contributed by atoms with Crippen LogP contribution < -0.4 is 5.32 Å². The molecule has 0 saturated carbocycles. The molecular formula is C35H51FN6O6. The molecule has 1 fully saturated rings. The summed E-state index contributed by atoms with van der Waals surface area (Å²) in [6.07, 6.45) is 4.23. The van der Waals surface area contributed by atoms with Gasteiger partial charge in [0, 0.05) is 58.5 Å². The summed E-state index contributed by atoms with van der Waals surface area (Å²) in [4.78, 5) is 63.5. The molecule has 1 aromatic heterocycles. The Labute approximate surface area is 282 Å². The van der Waals surface area contributed by atoms with Gasteiger partial charge in [0.15, 0.2) is 0 Å². The number of halogens is 1. The second-order valence-corrected chi connectivity index (χ2v) is 13.7. The van der Waals surface area contributed by atoms with Gasteiger partial charge in [-0.1, -0.05) is 12.1 Å². The number of fused-ring (bicyclic) bond motifs is 1. The second kappa shape index (κ2) is 15.9. The molecule has 0 spiro atoms. The zero-order chi connectivity index (χ0) is 35.2. The van der Waals surface area contributed by atoms with Crippen molar-refractivity contribution in [2.75, 3.05) is 33.3 Å². The highest BCUT2D eigenvalue weighted by molar-refractivity contribution is 5.93. The normalized spacial score (nSPS) is 17.8. The zero-order valence-electron chi connectivity index (χ0n) is 29.3. The number of imidazole rings is 1. The number of rotatable bonds is 13. The molecule has 2 aliphatic heterocycles. The number of ether oxygens (including phenoxy) is 2. The zero-order valence-corrected chi connectivity index (χ0v) is 29.3. The third-order valence-electron chi connectivity index (χ3n) is 8.94. The third-order valence-corrected chi connectivity index (χ3v) is 8.94. The summed E-state index contributed by atoms with van der Waals surface area (Å²) < 4.78 is 26.8. The van der Waals surface area contributed by atoms with Gasteiger partial charge in [0.2, 0.25) is 11.8 Å². The van der Waals surface area contributed by atoms with Crippen LogP contribution in [0.25, 0.3) is 0 Å². The minimum atomic E-state index is -1.02. The predicted molar refractivity (Wildman–Crippen MR) is 178 cm³/mol. The molecule has 0 unspecified atom stereocenters. The van der Waals surface area contributed by atoms with Gasteiger partial charge >= 0.3 is 6.09 Å². The number of benzene rings is 1. The van der Waals surface area contributed by atoms with E-state index in [1.54, 1.807) is 62.7 Å². The van der Waals surface area contributed by atoms with Crippen LogP contribution in [0.1, 0.15) is 82.7 Å². The van der Waals surface area contributed by atoms with Crippen molar-refractivity contribution in [3.63, 3.8) is 0 Å². The van der Waals surface area contributed by atoms with Crippen molar-refractivity contribution in [2.45, 2.75) is 110 Å². The standard InChI is InChI=1S/C35H51FN6O6/c1-8-47-24(3)30(38-31(43)23(2)39(7)34(46)48-35(4,5)6)33(45)42-19-9-11-27(42)21-41(20-17-25-13-15-26(36)16-14-25)32(44)28-22-40-18-10-12-29(40)37-28/h13-16,22-24,27,30H,8-12,17-21H2,1-7H3,(H,38,43)/t23-,24+,27-,30-/m0/s1. The lowest BCUT2D eigenvalue weighted by Crippen LogP contribution is -2.59. The fourth-order valence-corrected chi connectivity index (χ4v) is 6.14. The lowest BCUT2D eigenvalue weighted by molar-refractivity contribution is -0.142. The molecule has 0 radical (unpaired) electrons. The number of nitrogens with zero attached hydrogens (tertiary/aromatic N) is 5. The molecule has 264 valence electrons. The Morgan fingerprint density at radius 1 is 1.10 bits per heavy atom. The number of likely N-dealkylation sites (tertiary alicyclic amines) is 1. The molecule has 4 rings (SSSR count). The number of likely N-dealkylation sites (N-methyl/N-ethyl adjacent to an activating group) is 1. The maximum Gasteiger partial charge on any atom is 0.410 e. The fourth-order valence-electron chi connectivity index (χ4n) is 6.14. The van der Waals surface area contributed by atoms with Crippen molar-refractivity contribution in [1.82, 2.24) is 29.6 Å². The molecule has 4 atom stereocenters. The van der Waals surface area contributed by atoms with Crippen LogP contribution in [0, 0.1) is 5.82 Å². The molecule has 0 bridgehead atoms. The monoisotopic (exact) mass is 670 g/mol. The van der Waals surface area contributed by atoms with Crippen molar-refractivity contribution in [3.8, 4) is 0 Å². The Morgan fingerprint density at radius 2 is 1.81 bits per heavy atom. The fraction of sp³-hybridized carbons (Fsp3) is 0.629. The molecule has 1 saturated heterocycles. The molecule has 2 aliphatic rings. The van der Waals surface area contributed by atoms with E-state index >= 15 is 0 Å². The number of carbonyl (C=O) groups is 4. The maximum absolute atomic E-state index is 14.2. The van der Waals surface area contributed by atoms with Crippen molar-refractivity contribution in [2.24, 2.45) is 0 Å². The number of hydrogen-bond donors (Lipinski definition) is 1. The highest BCUT2D eigenvalue weighted by atomic mass is 19.1. The van der Waals surface area contributed by atoms with E-state index in [1.165, 1.54) is 24.1 Å². The third kappa shape index (κ3) is 9.33. The molecule has 3 heterocycles. The molecular weight excluding hydrogens is 619 g/mol. The van der Waals surface area contributed by atoms with Crippen molar-refractivity contribution in [1.29, 1.82) is 0 Å². The number of hydrogen-bond acceptors (Lipinski definition) is 7. The van der Waals surface area contributed by atoms with E-state index in [2.05, 4.69) is 10.3 Å². The van der Waals surface area contributed by atoms with Crippen LogP contribution in [-0.2, 0) is 38.4 Å². The van der Waals surface area contributed by atoms with Crippen LogP contribution in [0.4, 0.5) is 9.18 Å². The first-order chi connectivity index (χ1) is 22.7. The summed E-state index contributed by atoms with van der Waals surface area (Å²) >= 11 is 0. The molecule has 1 aromatic carbocycles. The molecule has 48 heavy (non-hydrogen) atoms. The maximum atomic E-state index is 14.2. The Balaban J connectivity index is 1.51. The van der Waals surface area contributed by atoms with E-state index in [-0.39, 0.29) is 30.2 Å². The van der Waals surface area contributed by atoms with Gasteiger partial charge in [0.1, 0.15) is 35.0 Å². The minimum absolute atomic E-state index is 0.218. The summed E-state index contributed by atoms with van der Waals surface area (Å²) in [6, 6.07) is 3.97. The van der Waals surface area contributed by atoms with Gasteiger partial charge in [0.25, 0.3) is 5.91 Å². The largest absolute Gasteiger partial charge is 0.444 e. The van der Waals surface area contributed by atoms with E-state index in [1.807, 2.05) is 11.5 Å². The molecule has 4 amide bonds. The average Bonchev–Trinajstić information content (AvgIpc) is 3.78. The van der Waals surface area contributed by atoms with Crippen LogP contribution in [0.15, 0.2) is 30.5 Å². The highest BCUT2D eigenvalue weighted by Gasteiger charge is 2.39. The summed E-state index contributed by atoms with van der Waals surface area (Å²) in [5, 5.41) is 2.84. The second-order valence-electron chi connectivity index (χ2n) is 13.7. The van der Waals surface area contributed by atoms with E-state index in [0.29, 0.717) is 38.2 Å². The number of aromatic nitrogens is 2. The summed E-state index contributed by atoms with van der Waals surface area (Å²) in [5.74, 6) is -0.485. The molecule has 12 nitrogen and oxygen atoms in total. The van der Waals surface area contributed by atoms with Gasteiger partial charge in [-0.3, -0.25) is 19.3 Å². The first kappa shape index (κ1) is 36.8. The van der Waals surface area contributed by atoms with Gasteiger partial charge in [-0.2, -0.15) is 0 Å². The number of nitrogens with one attached hydrogen (secondary N) is 1. The van der Waals surface area contributed by atoms with E-state index in [9.17, 15) is 23.6 Å². The molecule has 13 heteroatoms. The number of aryl methyl sites for hydroxylation is 2. The minimum Gasteiger partial charge on any atom is -0.444 e. The Kier molecular flexibility index (Phi) is 12.2.